The van der Waals surface area contributed by atoms with Crippen molar-refractivity contribution in [1.29, 1.82) is 0 Å². The second kappa shape index (κ2) is 28.8. The Morgan fingerprint density at radius 1 is 0.357 bits per heavy atom. The number of benzene rings is 2. The van der Waals surface area contributed by atoms with Crippen molar-refractivity contribution in [2.24, 2.45) is 82.9 Å². The van der Waals surface area contributed by atoms with Crippen LogP contribution in [0.2, 0.25) is 0 Å². The van der Waals surface area contributed by atoms with E-state index in [-0.39, 0.29) is 0 Å². The van der Waals surface area contributed by atoms with Crippen molar-refractivity contribution in [3.05, 3.63) is 84.0 Å². The number of allylic oxidation sites excluding steroid dienone is 4. The highest BCUT2D eigenvalue weighted by molar-refractivity contribution is 5.40. The number of rotatable bonds is 23. The molecule has 0 atom stereocenters. The molecule has 390 valence electrons. The second-order valence-electron chi connectivity index (χ2n) is 26.1. The summed E-state index contributed by atoms with van der Waals surface area (Å²) in [5, 5.41) is 0. The quantitative estimate of drug-likeness (QED) is 0.0662. The Balaban J connectivity index is 0.813. The van der Waals surface area contributed by atoms with Crippen molar-refractivity contribution in [2.45, 2.75) is 245 Å². The lowest BCUT2D eigenvalue weighted by atomic mass is 9.67. The summed E-state index contributed by atoms with van der Waals surface area (Å²) in [6.45, 7) is 4.70. The van der Waals surface area contributed by atoms with Crippen molar-refractivity contribution in [1.82, 2.24) is 0 Å². The lowest BCUT2D eigenvalue weighted by Gasteiger charge is -2.38. The van der Waals surface area contributed by atoms with E-state index in [0.29, 0.717) is 5.92 Å². The zero-order valence-electron chi connectivity index (χ0n) is 45.6. The Bertz CT molecular complexity index is 1610. The van der Waals surface area contributed by atoms with Crippen LogP contribution in [0.25, 0.3) is 0 Å². The molecular formula is C68H108N2. The number of hydrogen-bond acceptors (Lipinski definition) is 2. The van der Waals surface area contributed by atoms with Gasteiger partial charge in [0.15, 0.2) is 0 Å². The standard InChI is InChI=1S/C68H108N2/c1-3-5-7-9-51-23-35-61(36-24-51)63-39-27-55(28-40-63)13-11-53-15-19-57(20-16-53)47-65(66(49-59-31-43-67(69)44-32-59)50-60-33-45-68(70)46-34-60)48-58-21-17-54(18-22-58)12-14-56-29-41-64(42-30-56)62-37-25-52(26-38-62)10-8-6-4-2/h11-14,31-34,43-46,51-58,61-66H,3-10,15-30,35-42,47-50,69-70H2,1-2H3/b13-11+,14-12+. The minimum atomic E-state index is 0.634. The smallest absolute Gasteiger partial charge is 0.0314 e. The van der Waals surface area contributed by atoms with E-state index in [1.165, 1.54) is 229 Å². The van der Waals surface area contributed by atoms with Gasteiger partial charge in [-0.15, -0.1) is 0 Å². The number of nitrogen functional groups attached to an aromatic ring is 2. The summed E-state index contributed by atoms with van der Waals surface area (Å²) < 4.78 is 0. The van der Waals surface area contributed by atoms with Gasteiger partial charge in [-0.25, -0.2) is 0 Å². The molecular weight excluding hydrogens is 845 g/mol. The molecule has 0 heterocycles. The monoisotopic (exact) mass is 953 g/mol. The molecule has 0 amide bonds. The van der Waals surface area contributed by atoms with E-state index >= 15 is 0 Å². The summed E-state index contributed by atoms with van der Waals surface area (Å²) in [4.78, 5) is 0. The van der Waals surface area contributed by atoms with Crippen LogP contribution >= 0.6 is 0 Å². The Labute approximate surface area is 432 Å². The Hall–Kier alpha value is -2.48. The molecule has 6 aliphatic carbocycles. The summed E-state index contributed by atoms with van der Waals surface area (Å²) in [5.41, 5.74) is 17.1. The number of hydrogen-bond donors (Lipinski definition) is 2. The molecule has 4 N–H and O–H groups in total. The third-order valence-electron chi connectivity index (χ3n) is 21.2. The summed E-state index contributed by atoms with van der Waals surface area (Å²) in [5.74, 6) is 12.6. The van der Waals surface area contributed by atoms with E-state index in [1.807, 2.05) is 0 Å². The van der Waals surface area contributed by atoms with Crippen LogP contribution in [-0.4, -0.2) is 0 Å². The van der Waals surface area contributed by atoms with Gasteiger partial charge in [-0.1, -0.05) is 139 Å². The van der Waals surface area contributed by atoms with Gasteiger partial charge in [0.05, 0.1) is 0 Å². The minimum Gasteiger partial charge on any atom is -0.399 e. The molecule has 0 unspecified atom stereocenters. The van der Waals surface area contributed by atoms with Crippen molar-refractivity contribution < 1.29 is 0 Å². The van der Waals surface area contributed by atoms with Gasteiger partial charge in [0, 0.05) is 11.4 Å². The first-order valence-corrected chi connectivity index (χ1v) is 31.4. The van der Waals surface area contributed by atoms with Crippen molar-refractivity contribution in [3.8, 4) is 0 Å². The molecule has 6 fully saturated rings. The molecule has 8 rings (SSSR count). The molecule has 0 bridgehead atoms. The average molecular weight is 954 g/mol. The zero-order chi connectivity index (χ0) is 48.3. The maximum absolute atomic E-state index is 6.23. The zero-order valence-corrected chi connectivity index (χ0v) is 45.6. The van der Waals surface area contributed by atoms with Gasteiger partial charge < -0.3 is 11.5 Å². The maximum atomic E-state index is 6.23. The normalized spacial score (nSPS) is 33.0. The van der Waals surface area contributed by atoms with E-state index in [1.54, 1.807) is 0 Å². The molecule has 70 heavy (non-hydrogen) atoms. The Kier molecular flexibility index (Phi) is 22.2. The van der Waals surface area contributed by atoms with E-state index in [9.17, 15) is 0 Å². The third kappa shape index (κ3) is 17.3. The number of unbranched alkanes of at least 4 members (excludes halogenated alkanes) is 4. The summed E-state index contributed by atoms with van der Waals surface area (Å²) in [7, 11) is 0. The third-order valence-corrected chi connectivity index (χ3v) is 21.2. The fourth-order valence-electron chi connectivity index (χ4n) is 16.4. The Morgan fingerprint density at radius 3 is 0.957 bits per heavy atom. The molecule has 0 radical (unpaired) electrons. The van der Waals surface area contributed by atoms with Crippen molar-refractivity contribution in [2.75, 3.05) is 11.5 Å². The predicted molar refractivity (Wildman–Crippen MR) is 305 cm³/mol. The minimum absolute atomic E-state index is 0.634. The van der Waals surface area contributed by atoms with Crippen LogP contribution in [0.3, 0.4) is 0 Å². The van der Waals surface area contributed by atoms with E-state index in [4.69, 9.17) is 11.5 Å². The molecule has 2 heteroatoms. The summed E-state index contributed by atoms with van der Waals surface area (Å²) >= 11 is 0. The fourth-order valence-corrected chi connectivity index (χ4v) is 16.4. The van der Waals surface area contributed by atoms with Crippen molar-refractivity contribution >= 4 is 11.4 Å². The SMILES string of the molecule is CCCCCC1CCC(C2CCC(/C=C/C3CCC(CC(CC4CCC(/C=C/C5CCC(C6CCC(CCCCC)CC6)CC5)CC4)C(Cc4ccc(N)cc4)Cc4ccc(N)cc4)CC3)CC2)CC1. The topological polar surface area (TPSA) is 52.0 Å². The molecule has 6 saturated carbocycles. The largest absolute Gasteiger partial charge is 0.399 e. The number of anilines is 2. The molecule has 0 aliphatic heterocycles. The molecule has 2 aromatic carbocycles. The summed E-state index contributed by atoms with van der Waals surface area (Å²) in [6, 6.07) is 17.8. The van der Waals surface area contributed by atoms with Gasteiger partial charge in [0.2, 0.25) is 0 Å². The second-order valence-corrected chi connectivity index (χ2v) is 26.1. The van der Waals surface area contributed by atoms with Crippen molar-refractivity contribution in [3.63, 3.8) is 0 Å². The first-order valence-electron chi connectivity index (χ1n) is 31.4. The van der Waals surface area contributed by atoms with Crippen LogP contribution in [0.4, 0.5) is 11.4 Å². The van der Waals surface area contributed by atoms with E-state index in [0.717, 1.165) is 101 Å². The average Bonchev–Trinajstić information content (AvgIpc) is 3.40. The van der Waals surface area contributed by atoms with Gasteiger partial charge >= 0.3 is 0 Å². The molecule has 0 spiro atoms. The van der Waals surface area contributed by atoms with Crippen LogP contribution in [0.1, 0.15) is 243 Å². The molecule has 0 aromatic heterocycles. The first-order chi connectivity index (χ1) is 34.3. The summed E-state index contributed by atoms with van der Waals surface area (Å²) in [6.07, 6.45) is 63.0. The maximum Gasteiger partial charge on any atom is 0.0314 e. The Morgan fingerprint density at radius 2 is 0.643 bits per heavy atom. The molecule has 6 aliphatic rings. The first kappa shape index (κ1) is 53.8. The van der Waals surface area contributed by atoms with Crippen LogP contribution in [0.15, 0.2) is 72.8 Å². The van der Waals surface area contributed by atoms with Gasteiger partial charge in [-0.2, -0.15) is 0 Å². The molecule has 2 aromatic rings. The molecule has 0 saturated heterocycles. The lowest BCUT2D eigenvalue weighted by molar-refractivity contribution is 0.151. The van der Waals surface area contributed by atoms with E-state index < -0.39 is 0 Å². The fraction of sp³-hybridized carbons (Fsp3) is 0.765. The van der Waals surface area contributed by atoms with E-state index in [2.05, 4.69) is 86.7 Å². The predicted octanol–water partition coefficient (Wildman–Crippen LogP) is 19.8. The highest BCUT2D eigenvalue weighted by atomic mass is 14.5. The highest BCUT2D eigenvalue weighted by Gasteiger charge is 2.34. The van der Waals surface area contributed by atoms with Crippen LogP contribution in [0.5, 0.6) is 0 Å². The van der Waals surface area contributed by atoms with Gasteiger partial charge in [0.1, 0.15) is 0 Å². The van der Waals surface area contributed by atoms with Gasteiger partial charge in [-0.05, 0) is 272 Å². The van der Waals surface area contributed by atoms with Crippen LogP contribution < -0.4 is 11.5 Å². The van der Waals surface area contributed by atoms with Gasteiger partial charge in [-0.3, -0.25) is 0 Å². The molecule has 2 nitrogen and oxygen atoms in total. The lowest BCUT2D eigenvalue weighted by Crippen LogP contribution is -2.28. The van der Waals surface area contributed by atoms with Crippen LogP contribution in [-0.2, 0) is 12.8 Å². The van der Waals surface area contributed by atoms with Gasteiger partial charge in [0.25, 0.3) is 0 Å². The van der Waals surface area contributed by atoms with Crippen LogP contribution in [0, 0.1) is 82.9 Å². The highest BCUT2D eigenvalue weighted by Crippen LogP contribution is 2.46. The number of nitrogens with two attached hydrogens (primary N) is 2.